The van der Waals surface area contributed by atoms with E-state index in [1.807, 2.05) is 44.2 Å². The summed E-state index contributed by atoms with van der Waals surface area (Å²) in [4.78, 5) is 20.7. The van der Waals surface area contributed by atoms with E-state index < -0.39 is 0 Å². The first-order valence-electron chi connectivity index (χ1n) is 8.20. The number of benzene rings is 1. The Morgan fingerprint density at radius 3 is 2.54 bits per heavy atom. The highest BCUT2D eigenvalue weighted by Crippen LogP contribution is 2.27. The summed E-state index contributed by atoms with van der Waals surface area (Å²) < 4.78 is 0. The molecule has 26 heavy (non-hydrogen) atoms. The number of amides is 1. The molecule has 6 heteroatoms. The van der Waals surface area contributed by atoms with E-state index in [-0.39, 0.29) is 5.91 Å². The highest BCUT2D eigenvalue weighted by molar-refractivity contribution is 6.34. The molecule has 0 saturated carbocycles. The number of hydrogen-bond acceptors (Lipinski definition) is 4. The minimum absolute atomic E-state index is 0.292. The summed E-state index contributed by atoms with van der Waals surface area (Å²) in [6.45, 7) is 4.53. The second-order valence-corrected chi connectivity index (χ2v) is 6.44. The molecule has 1 amide bonds. The maximum absolute atomic E-state index is 12.4. The number of carbonyl (C=O) groups excluding carboxylic acids is 1. The minimum Gasteiger partial charge on any atom is -0.380 e. The number of carbonyl (C=O) groups is 1. The van der Waals surface area contributed by atoms with Crippen molar-refractivity contribution in [2.24, 2.45) is 0 Å². The highest BCUT2D eigenvalue weighted by Gasteiger charge is 2.12. The standard InChI is InChI=1S/C20H19ClN4O/c1-13-9-14(2)19(17(21)10-13)25-20(26)18-4-3-16(12-24-18)23-11-15-5-7-22-8-6-15/h3-10,12,23H,11H2,1-2H3,(H,25,26). The molecule has 0 unspecified atom stereocenters. The first-order valence-corrected chi connectivity index (χ1v) is 8.57. The Morgan fingerprint density at radius 1 is 1.12 bits per heavy atom. The smallest absolute Gasteiger partial charge is 0.274 e. The van der Waals surface area contributed by atoms with Crippen molar-refractivity contribution in [1.82, 2.24) is 9.97 Å². The summed E-state index contributed by atoms with van der Waals surface area (Å²) in [6.07, 6.45) is 5.14. The molecule has 1 aromatic carbocycles. The molecule has 132 valence electrons. The first-order chi connectivity index (χ1) is 12.5. The number of aromatic nitrogens is 2. The second kappa shape index (κ2) is 7.97. The van der Waals surface area contributed by atoms with Gasteiger partial charge in [-0.3, -0.25) is 9.78 Å². The van der Waals surface area contributed by atoms with Crippen molar-refractivity contribution in [3.05, 3.63) is 82.4 Å². The molecule has 0 radical (unpaired) electrons. The van der Waals surface area contributed by atoms with E-state index in [1.54, 1.807) is 24.7 Å². The van der Waals surface area contributed by atoms with E-state index in [0.29, 0.717) is 22.9 Å². The van der Waals surface area contributed by atoms with Crippen molar-refractivity contribution in [2.75, 3.05) is 10.6 Å². The van der Waals surface area contributed by atoms with Crippen LogP contribution in [0.5, 0.6) is 0 Å². The lowest BCUT2D eigenvalue weighted by atomic mass is 10.1. The van der Waals surface area contributed by atoms with Gasteiger partial charge in [0.15, 0.2) is 0 Å². The minimum atomic E-state index is -0.292. The van der Waals surface area contributed by atoms with Gasteiger partial charge in [-0.2, -0.15) is 0 Å². The van der Waals surface area contributed by atoms with Gasteiger partial charge in [0.1, 0.15) is 5.69 Å². The van der Waals surface area contributed by atoms with E-state index in [9.17, 15) is 4.79 Å². The van der Waals surface area contributed by atoms with E-state index in [0.717, 1.165) is 22.4 Å². The van der Waals surface area contributed by atoms with Crippen LogP contribution in [0.4, 0.5) is 11.4 Å². The zero-order valence-electron chi connectivity index (χ0n) is 14.6. The van der Waals surface area contributed by atoms with Crippen LogP contribution in [-0.4, -0.2) is 15.9 Å². The van der Waals surface area contributed by atoms with Gasteiger partial charge in [0, 0.05) is 18.9 Å². The van der Waals surface area contributed by atoms with Crippen LogP contribution in [-0.2, 0) is 6.54 Å². The van der Waals surface area contributed by atoms with Crippen molar-refractivity contribution in [3.8, 4) is 0 Å². The number of halogens is 1. The summed E-state index contributed by atoms with van der Waals surface area (Å²) in [6, 6.07) is 11.2. The van der Waals surface area contributed by atoms with Gasteiger partial charge in [0.2, 0.25) is 0 Å². The Morgan fingerprint density at radius 2 is 1.88 bits per heavy atom. The molecule has 0 aliphatic heterocycles. The number of rotatable bonds is 5. The van der Waals surface area contributed by atoms with Gasteiger partial charge >= 0.3 is 0 Å². The van der Waals surface area contributed by atoms with Crippen LogP contribution < -0.4 is 10.6 Å². The summed E-state index contributed by atoms with van der Waals surface area (Å²) in [5.74, 6) is -0.292. The average Bonchev–Trinajstić information content (AvgIpc) is 2.64. The summed E-state index contributed by atoms with van der Waals surface area (Å²) in [5, 5.41) is 6.62. The van der Waals surface area contributed by atoms with E-state index in [4.69, 9.17) is 11.6 Å². The number of nitrogens with one attached hydrogen (secondary N) is 2. The molecule has 0 aliphatic carbocycles. The fourth-order valence-corrected chi connectivity index (χ4v) is 2.96. The van der Waals surface area contributed by atoms with Crippen molar-refractivity contribution in [1.29, 1.82) is 0 Å². The molecule has 0 bridgehead atoms. The fraction of sp³-hybridized carbons (Fsp3) is 0.150. The molecule has 0 aliphatic rings. The van der Waals surface area contributed by atoms with Crippen LogP contribution in [0.3, 0.4) is 0 Å². The number of nitrogens with zero attached hydrogens (tertiary/aromatic N) is 2. The lowest BCUT2D eigenvalue weighted by Crippen LogP contribution is -2.15. The van der Waals surface area contributed by atoms with Crippen LogP contribution >= 0.6 is 11.6 Å². The van der Waals surface area contributed by atoms with Crippen molar-refractivity contribution < 1.29 is 4.79 Å². The Balaban J connectivity index is 1.66. The SMILES string of the molecule is Cc1cc(C)c(NC(=O)c2ccc(NCc3ccncc3)cn2)c(Cl)c1. The number of aryl methyl sites for hydroxylation is 2. The second-order valence-electron chi connectivity index (χ2n) is 6.03. The van der Waals surface area contributed by atoms with Crippen LogP contribution in [0.1, 0.15) is 27.2 Å². The van der Waals surface area contributed by atoms with Crippen LogP contribution in [0.2, 0.25) is 5.02 Å². The quantitative estimate of drug-likeness (QED) is 0.691. The van der Waals surface area contributed by atoms with Crippen molar-refractivity contribution in [3.63, 3.8) is 0 Å². The maximum Gasteiger partial charge on any atom is 0.274 e. The lowest BCUT2D eigenvalue weighted by molar-refractivity contribution is 0.102. The maximum atomic E-state index is 12.4. The Kier molecular flexibility index (Phi) is 5.49. The van der Waals surface area contributed by atoms with Crippen LogP contribution in [0.25, 0.3) is 0 Å². The molecular weight excluding hydrogens is 348 g/mol. The summed E-state index contributed by atoms with van der Waals surface area (Å²) >= 11 is 6.24. The molecule has 0 spiro atoms. The number of pyridine rings is 2. The molecule has 0 atom stereocenters. The van der Waals surface area contributed by atoms with E-state index >= 15 is 0 Å². The monoisotopic (exact) mass is 366 g/mol. The highest BCUT2D eigenvalue weighted by atomic mass is 35.5. The summed E-state index contributed by atoms with van der Waals surface area (Å²) in [7, 11) is 0. The molecule has 5 nitrogen and oxygen atoms in total. The van der Waals surface area contributed by atoms with Gasteiger partial charge < -0.3 is 10.6 Å². The molecule has 2 aromatic heterocycles. The third-order valence-electron chi connectivity index (χ3n) is 3.91. The van der Waals surface area contributed by atoms with Gasteiger partial charge in [-0.15, -0.1) is 0 Å². The molecule has 3 aromatic rings. The molecule has 0 saturated heterocycles. The van der Waals surface area contributed by atoms with Gasteiger partial charge in [0.25, 0.3) is 5.91 Å². The fourth-order valence-electron chi connectivity index (χ4n) is 2.59. The molecule has 2 heterocycles. The van der Waals surface area contributed by atoms with E-state index in [2.05, 4.69) is 20.6 Å². The number of hydrogen-bond donors (Lipinski definition) is 2. The first kappa shape index (κ1) is 17.9. The van der Waals surface area contributed by atoms with Gasteiger partial charge in [0.05, 0.1) is 22.6 Å². The predicted molar refractivity (Wildman–Crippen MR) is 105 cm³/mol. The topological polar surface area (TPSA) is 66.9 Å². The third-order valence-corrected chi connectivity index (χ3v) is 4.21. The third kappa shape index (κ3) is 4.37. The predicted octanol–water partition coefficient (Wildman–Crippen LogP) is 4.61. The van der Waals surface area contributed by atoms with Gasteiger partial charge in [-0.05, 0) is 60.9 Å². The molecule has 3 rings (SSSR count). The number of anilines is 2. The molecule has 0 fully saturated rings. The zero-order valence-corrected chi connectivity index (χ0v) is 15.3. The van der Waals surface area contributed by atoms with Crippen molar-refractivity contribution in [2.45, 2.75) is 20.4 Å². The Labute approximate surface area is 157 Å². The van der Waals surface area contributed by atoms with Crippen LogP contribution in [0.15, 0.2) is 55.0 Å². The normalized spacial score (nSPS) is 10.4. The van der Waals surface area contributed by atoms with Crippen molar-refractivity contribution >= 4 is 28.9 Å². The summed E-state index contributed by atoms with van der Waals surface area (Å²) in [5.41, 5.74) is 4.86. The Hall–Kier alpha value is -2.92. The van der Waals surface area contributed by atoms with Gasteiger partial charge in [-0.1, -0.05) is 17.7 Å². The van der Waals surface area contributed by atoms with Gasteiger partial charge in [-0.25, -0.2) is 4.98 Å². The molecule has 2 N–H and O–H groups in total. The molecular formula is C20H19ClN4O. The average molecular weight is 367 g/mol. The zero-order chi connectivity index (χ0) is 18.5. The van der Waals surface area contributed by atoms with E-state index in [1.165, 1.54) is 0 Å². The van der Waals surface area contributed by atoms with Crippen LogP contribution in [0, 0.1) is 13.8 Å². The lowest BCUT2D eigenvalue weighted by Gasteiger charge is -2.12. The largest absolute Gasteiger partial charge is 0.380 e. The Bertz CT molecular complexity index is 888.